The molecule has 1 aromatic heterocycles. The molecule has 1 N–H and O–H groups in total. The molecule has 1 aromatic rings. The lowest BCUT2D eigenvalue weighted by Crippen LogP contribution is -2.36. The molecule has 0 aromatic carbocycles. The third-order valence-electron chi connectivity index (χ3n) is 2.44. The Balaban J connectivity index is 2.10. The standard InChI is InChI=1S/C12H23N3/c1-12(2,3)13-9-6-5-7-11-8-10-14-15(11)4/h8,10,13H,5-7,9H2,1-4H3. The fraction of sp³-hybridized carbons (Fsp3) is 0.750. The molecule has 15 heavy (non-hydrogen) atoms. The lowest BCUT2D eigenvalue weighted by molar-refractivity contribution is 0.418. The van der Waals surface area contributed by atoms with Gasteiger partial charge < -0.3 is 5.32 Å². The Morgan fingerprint density at radius 1 is 1.33 bits per heavy atom. The molecule has 0 saturated carbocycles. The van der Waals surface area contributed by atoms with Crippen LogP contribution in [-0.4, -0.2) is 21.9 Å². The van der Waals surface area contributed by atoms with E-state index in [0.717, 1.165) is 13.0 Å². The van der Waals surface area contributed by atoms with E-state index >= 15 is 0 Å². The molecule has 1 heterocycles. The Kier molecular flexibility index (Phi) is 4.33. The summed E-state index contributed by atoms with van der Waals surface area (Å²) in [4.78, 5) is 0. The summed E-state index contributed by atoms with van der Waals surface area (Å²) in [6, 6.07) is 2.09. The van der Waals surface area contributed by atoms with Crippen molar-refractivity contribution in [2.24, 2.45) is 7.05 Å². The predicted molar refractivity (Wildman–Crippen MR) is 63.9 cm³/mol. The average Bonchev–Trinajstić information content (AvgIpc) is 2.49. The van der Waals surface area contributed by atoms with Gasteiger partial charge in [0.05, 0.1) is 0 Å². The number of rotatable bonds is 5. The largest absolute Gasteiger partial charge is 0.312 e. The minimum absolute atomic E-state index is 0.243. The van der Waals surface area contributed by atoms with Gasteiger partial charge in [0.15, 0.2) is 0 Å². The molecule has 3 nitrogen and oxygen atoms in total. The van der Waals surface area contributed by atoms with Crippen LogP contribution >= 0.6 is 0 Å². The van der Waals surface area contributed by atoms with E-state index in [1.54, 1.807) is 0 Å². The Morgan fingerprint density at radius 3 is 2.60 bits per heavy atom. The normalized spacial score (nSPS) is 12.0. The number of nitrogens with zero attached hydrogens (tertiary/aromatic N) is 2. The van der Waals surface area contributed by atoms with Crippen molar-refractivity contribution in [1.82, 2.24) is 15.1 Å². The van der Waals surface area contributed by atoms with Crippen LogP contribution in [0.1, 0.15) is 39.3 Å². The number of hydrogen-bond donors (Lipinski definition) is 1. The van der Waals surface area contributed by atoms with Gasteiger partial charge in [0.25, 0.3) is 0 Å². The molecule has 1 rings (SSSR count). The summed E-state index contributed by atoms with van der Waals surface area (Å²) >= 11 is 0. The SMILES string of the molecule is Cn1nccc1CCCCNC(C)(C)C. The highest BCUT2D eigenvalue weighted by molar-refractivity contribution is 4.99. The molecule has 0 atom stereocenters. The summed E-state index contributed by atoms with van der Waals surface area (Å²) in [5.41, 5.74) is 1.57. The second kappa shape index (κ2) is 5.31. The number of unbranched alkanes of at least 4 members (excludes halogenated alkanes) is 1. The number of aromatic nitrogens is 2. The first kappa shape index (κ1) is 12.2. The van der Waals surface area contributed by atoms with E-state index in [-0.39, 0.29) is 5.54 Å². The van der Waals surface area contributed by atoms with Gasteiger partial charge in [0.1, 0.15) is 0 Å². The summed E-state index contributed by atoms with van der Waals surface area (Å²) in [5.74, 6) is 0. The molecule has 3 heteroatoms. The Morgan fingerprint density at radius 2 is 2.07 bits per heavy atom. The molecular weight excluding hydrogens is 186 g/mol. The predicted octanol–water partition coefficient (Wildman–Crippen LogP) is 2.13. The van der Waals surface area contributed by atoms with Crippen LogP contribution in [0, 0.1) is 0 Å². The van der Waals surface area contributed by atoms with Crippen molar-refractivity contribution in [3.8, 4) is 0 Å². The van der Waals surface area contributed by atoms with Crippen molar-refractivity contribution < 1.29 is 0 Å². The molecule has 86 valence electrons. The van der Waals surface area contributed by atoms with Crippen LogP contribution in [0.25, 0.3) is 0 Å². The highest BCUT2D eigenvalue weighted by Gasteiger charge is 2.07. The summed E-state index contributed by atoms with van der Waals surface area (Å²) < 4.78 is 1.96. The van der Waals surface area contributed by atoms with Crippen molar-refractivity contribution in [3.05, 3.63) is 18.0 Å². The Bertz CT molecular complexity index is 283. The fourth-order valence-corrected chi connectivity index (χ4v) is 1.54. The van der Waals surface area contributed by atoms with Gasteiger partial charge in [-0.15, -0.1) is 0 Å². The molecule has 0 radical (unpaired) electrons. The zero-order chi connectivity index (χ0) is 11.3. The van der Waals surface area contributed by atoms with E-state index in [0.29, 0.717) is 0 Å². The van der Waals surface area contributed by atoms with E-state index in [2.05, 4.69) is 37.3 Å². The average molecular weight is 209 g/mol. The monoisotopic (exact) mass is 209 g/mol. The minimum Gasteiger partial charge on any atom is -0.312 e. The molecular formula is C12H23N3. The van der Waals surface area contributed by atoms with Crippen LogP contribution in [0.5, 0.6) is 0 Å². The maximum atomic E-state index is 4.16. The zero-order valence-electron chi connectivity index (χ0n) is 10.4. The van der Waals surface area contributed by atoms with Crippen molar-refractivity contribution in [3.63, 3.8) is 0 Å². The number of hydrogen-bond acceptors (Lipinski definition) is 2. The second-order valence-corrected chi connectivity index (χ2v) is 5.08. The van der Waals surface area contributed by atoms with E-state index in [1.165, 1.54) is 18.5 Å². The minimum atomic E-state index is 0.243. The molecule has 0 spiro atoms. The first-order valence-electron chi connectivity index (χ1n) is 5.71. The molecule has 0 unspecified atom stereocenters. The van der Waals surface area contributed by atoms with Gasteiger partial charge in [-0.25, -0.2) is 0 Å². The summed E-state index contributed by atoms with van der Waals surface area (Å²) in [7, 11) is 2.00. The van der Waals surface area contributed by atoms with Crippen LogP contribution in [0.2, 0.25) is 0 Å². The lowest BCUT2D eigenvalue weighted by atomic mass is 10.1. The van der Waals surface area contributed by atoms with Crippen molar-refractivity contribution in [1.29, 1.82) is 0 Å². The second-order valence-electron chi connectivity index (χ2n) is 5.08. The molecule has 0 amide bonds. The number of nitrogens with one attached hydrogen (secondary N) is 1. The van der Waals surface area contributed by atoms with E-state index < -0.39 is 0 Å². The third-order valence-corrected chi connectivity index (χ3v) is 2.44. The fourth-order valence-electron chi connectivity index (χ4n) is 1.54. The summed E-state index contributed by atoms with van der Waals surface area (Å²) in [6.07, 6.45) is 5.44. The van der Waals surface area contributed by atoms with Gasteiger partial charge in [-0.2, -0.15) is 5.10 Å². The molecule has 0 aliphatic rings. The Labute approximate surface area is 92.9 Å². The highest BCUT2D eigenvalue weighted by Crippen LogP contribution is 2.04. The summed E-state index contributed by atoms with van der Waals surface area (Å²) in [6.45, 7) is 7.71. The highest BCUT2D eigenvalue weighted by atomic mass is 15.2. The third kappa shape index (κ3) is 4.98. The molecule has 0 bridgehead atoms. The summed E-state index contributed by atoms with van der Waals surface area (Å²) in [5, 5.41) is 7.65. The van der Waals surface area contributed by atoms with Crippen LogP contribution in [0.4, 0.5) is 0 Å². The van der Waals surface area contributed by atoms with Gasteiger partial charge in [0.2, 0.25) is 0 Å². The van der Waals surface area contributed by atoms with E-state index in [9.17, 15) is 0 Å². The smallest absolute Gasteiger partial charge is 0.0492 e. The molecule has 0 saturated heterocycles. The van der Waals surface area contributed by atoms with Gasteiger partial charge >= 0.3 is 0 Å². The van der Waals surface area contributed by atoms with Crippen molar-refractivity contribution in [2.75, 3.05) is 6.54 Å². The van der Waals surface area contributed by atoms with Gasteiger partial charge in [0, 0.05) is 24.5 Å². The maximum Gasteiger partial charge on any atom is 0.0492 e. The number of aryl methyl sites for hydroxylation is 2. The first-order chi connectivity index (χ1) is 6.99. The molecule has 0 aliphatic carbocycles. The van der Waals surface area contributed by atoms with Crippen LogP contribution in [-0.2, 0) is 13.5 Å². The van der Waals surface area contributed by atoms with Gasteiger partial charge in [-0.1, -0.05) is 0 Å². The lowest BCUT2D eigenvalue weighted by Gasteiger charge is -2.20. The van der Waals surface area contributed by atoms with E-state index in [4.69, 9.17) is 0 Å². The molecule has 0 aliphatic heterocycles. The quantitative estimate of drug-likeness (QED) is 0.753. The van der Waals surface area contributed by atoms with E-state index in [1.807, 2.05) is 17.9 Å². The van der Waals surface area contributed by atoms with Crippen LogP contribution in [0.3, 0.4) is 0 Å². The zero-order valence-corrected chi connectivity index (χ0v) is 10.4. The van der Waals surface area contributed by atoms with Crippen molar-refractivity contribution >= 4 is 0 Å². The first-order valence-corrected chi connectivity index (χ1v) is 5.71. The van der Waals surface area contributed by atoms with Gasteiger partial charge in [-0.05, 0) is 52.6 Å². The maximum absolute atomic E-state index is 4.16. The van der Waals surface area contributed by atoms with Crippen LogP contribution in [0.15, 0.2) is 12.3 Å². The van der Waals surface area contributed by atoms with Gasteiger partial charge in [-0.3, -0.25) is 4.68 Å². The Hall–Kier alpha value is -0.830. The topological polar surface area (TPSA) is 29.9 Å². The molecule has 0 fully saturated rings. The van der Waals surface area contributed by atoms with Crippen molar-refractivity contribution in [2.45, 2.75) is 45.6 Å². The van der Waals surface area contributed by atoms with Crippen LogP contribution < -0.4 is 5.32 Å².